The van der Waals surface area contributed by atoms with Gasteiger partial charge in [-0.25, -0.2) is 17.9 Å². The first-order valence-corrected chi connectivity index (χ1v) is 10.4. The Hall–Kier alpha value is -2.17. The van der Waals surface area contributed by atoms with Crippen molar-refractivity contribution in [2.75, 3.05) is 12.8 Å². The molecule has 0 spiro atoms. The van der Waals surface area contributed by atoms with Crippen LogP contribution in [0, 0.1) is 0 Å². The Bertz CT molecular complexity index is 985. The molecule has 2 aromatic rings. The summed E-state index contributed by atoms with van der Waals surface area (Å²) in [6, 6.07) is 1.89. The third kappa shape index (κ3) is 3.78. The number of halogens is 3. The van der Waals surface area contributed by atoms with Crippen molar-refractivity contribution in [3.63, 3.8) is 0 Å². The number of aromatic nitrogens is 3. The standard InChI is InChI=1S/C16H19F3N4O3S/c1-3-10(22-8-4-5-14(22)24)9-11-15(16(17,18)19)20-12-6-7-13(21-23(11)12)27(2,25)26/h6-7,10H,3-5,8-9H2,1-2H3. The zero-order valence-electron chi connectivity index (χ0n) is 14.8. The van der Waals surface area contributed by atoms with Crippen molar-refractivity contribution in [2.24, 2.45) is 0 Å². The van der Waals surface area contributed by atoms with Crippen LogP contribution in [0.3, 0.4) is 0 Å². The van der Waals surface area contributed by atoms with E-state index in [0.717, 1.165) is 16.8 Å². The topological polar surface area (TPSA) is 84.6 Å². The average molecular weight is 404 g/mol. The normalized spacial score (nSPS) is 17.1. The third-order valence-electron chi connectivity index (χ3n) is 4.65. The molecule has 0 bridgehead atoms. The fourth-order valence-electron chi connectivity index (χ4n) is 3.32. The van der Waals surface area contributed by atoms with Crippen LogP contribution in [-0.4, -0.2) is 52.7 Å². The molecule has 0 aromatic carbocycles. The predicted molar refractivity (Wildman–Crippen MR) is 89.8 cm³/mol. The van der Waals surface area contributed by atoms with E-state index in [2.05, 4.69) is 10.1 Å². The molecule has 148 valence electrons. The maximum Gasteiger partial charge on any atom is 0.435 e. The molecule has 0 saturated carbocycles. The molecule has 27 heavy (non-hydrogen) atoms. The van der Waals surface area contributed by atoms with Gasteiger partial charge in [0, 0.05) is 31.7 Å². The van der Waals surface area contributed by atoms with Crippen LogP contribution in [0.15, 0.2) is 17.2 Å². The van der Waals surface area contributed by atoms with E-state index < -0.39 is 27.7 Å². The van der Waals surface area contributed by atoms with E-state index in [1.165, 1.54) is 6.07 Å². The Morgan fingerprint density at radius 1 is 1.30 bits per heavy atom. The highest BCUT2D eigenvalue weighted by Gasteiger charge is 2.40. The lowest BCUT2D eigenvalue weighted by Crippen LogP contribution is -2.38. The number of rotatable bonds is 5. The van der Waals surface area contributed by atoms with Crippen LogP contribution in [0.1, 0.15) is 37.6 Å². The first-order chi connectivity index (χ1) is 12.5. The largest absolute Gasteiger partial charge is 0.435 e. The summed E-state index contributed by atoms with van der Waals surface area (Å²) in [5, 5.41) is 3.54. The predicted octanol–water partition coefficient (Wildman–Crippen LogP) is 2.10. The van der Waals surface area contributed by atoms with Gasteiger partial charge in [0.15, 0.2) is 26.2 Å². The van der Waals surface area contributed by atoms with Gasteiger partial charge >= 0.3 is 6.18 Å². The van der Waals surface area contributed by atoms with Gasteiger partial charge < -0.3 is 4.90 Å². The summed E-state index contributed by atoms with van der Waals surface area (Å²) in [5.74, 6) is -0.0889. The molecule has 2 aromatic heterocycles. The molecule has 1 aliphatic heterocycles. The fraction of sp³-hybridized carbons (Fsp3) is 0.562. The van der Waals surface area contributed by atoms with E-state index in [0.29, 0.717) is 25.8 Å². The van der Waals surface area contributed by atoms with E-state index in [1.54, 1.807) is 11.8 Å². The van der Waals surface area contributed by atoms with Crippen LogP contribution in [0.25, 0.3) is 5.65 Å². The van der Waals surface area contributed by atoms with E-state index in [-0.39, 0.29) is 28.7 Å². The number of fused-ring (bicyclic) bond motifs is 1. The maximum atomic E-state index is 13.5. The van der Waals surface area contributed by atoms with Crippen molar-refractivity contribution in [2.45, 2.75) is 49.9 Å². The molecule has 1 aliphatic rings. The summed E-state index contributed by atoms with van der Waals surface area (Å²) in [5.41, 5.74) is -1.44. The molecule has 3 rings (SSSR count). The SMILES string of the molecule is CCC(Cc1c(C(F)(F)F)nc2ccc(S(C)(=O)=O)nn12)N1CCCC1=O. The number of carbonyl (C=O) groups excluding carboxylic acids is 1. The molecule has 0 radical (unpaired) electrons. The van der Waals surface area contributed by atoms with Gasteiger partial charge in [-0.3, -0.25) is 4.79 Å². The van der Waals surface area contributed by atoms with E-state index in [4.69, 9.17) is 0 Å². The summed E-state index contributed by atoms with van der Waals surface area (Å²) in [4.78, 5) is 17.2. The van der Waals surface area contributed by atoms with Crippen LogP contribution in [0.5, 0.6) is 0 Å². The Kier molecular flexibility index (Phi) is 4.91. The van der Waals surface area contributed by atoms with Gasteiger partial charge in [0.05, 0.1) is 5.69 Å². The molecule has 7 nitrogen and oxygen atoms in total. The number of sulfone groups is 1. The second-order valence-corrected chi connectivity index (χ2v) is 8.54. The van der Waals surface area contributed by atoms with Crippen LogP contribution >= 0.6 is 0 Å². The monoisotopic (exact) mass is 404 g/mol. The summed E-state index contributed by atoms with van der Waals surface area (Å²) < 4.78 is 65.0. The molecular formula is C16H19F3N4O3S. The first kappa shape index (κ1) is 19.6. The van der Waals surface area contributed by atoms with E-state index in [9.17, 15) is 26.4 Å². The minimum atomic E-state index is -4.72. The van der Waals surface area contributed by atoms with Gasteiger partial charge in [-0.05, 0) is 25.0 Å². The summed E-state index contributed by atoms with van der Waals surface area (Å²) in [6.45, 7) is 2.29. The molecule has 11 heteroatoms. The van der Waals surface area contributed by atoms with Crippen LogP contribution < -0.4 is 0 Å². The van der Waals surface area contributed by atoms with Crippen molar-refractivity contribution >= 4 is 21.4 Å². The number of amides is 1. The number of hydrogen-bond donors (Lipinski definition) is 0. The maximum absolute atomic E-state index is 13.5. The lowest BCUT2D eigenvalue weighted by atomic mass is 10.1. The zero-order valence-corrected chi connectivity index (χ0v) is 15.6. The number of carbonyl (C=O) groups is 1. The molecule has 1 unspecified atom stereocenters. The number of alkyl halides is 3. The smallest absolute Gasteiger partial charge is 0.339 e. The quantitative estimate of drug-likeness (QED) is 0.762. The molecular weight excluding hydrogens is 385 g/mol. The minimum Gasteiger partial charge on any atom is -0.339 e. The van der Waals surface area contributed by atoms with Gasteiger partial charge in [0.1, 0.15) is 0 Å². The van der Waals surface area contributed by atoms with Gasteiger partial charge in [0.25, 0.3) is 0 Å². The number of hydrogen-bond acceptors (Lipinski definition) is 5. The summed E-state index contributed by atoms with van der Waals surface area (Å²) in [7, 11) is -3.70. The molecule has 1 fully saturated rings. The van der Waals surface area contributed by atoms with Crippen molar-refractivity contribution in [1.82, 2.24) is 19.5 Å². The highest BCUT2D eigenvalue weighted by molar-refractivity contribution is 7.90. The average Bonchev–Trinajstić information content (AvgIpc) is 3.14. The van der Waals surface area contributed by atoms with Gasteiger partial charge in [-0.15, -0.1) is 0 Å². The molecule has 3 heterocycles. The van der Waals surface area contributed by atoms with Crippen molar-refractivity contribution < 1.29 is 26.4 Å². The van der Waals surface area contributed by atoms with E-state index >= 15 is 0 Å². The second-order valence-electron chi connectivity index (χ2n) is 6.58. The first-order valence-electron chi connectivity index (χ1n) is 8.47. The van der Waals surface area contributed by atoms with Crippen molar-refractivity contribution in [3.8, 4) is 0 Å². The van der Waals surface area contributed by atoms with E-state index in [1.807, 2.05) is 0 Å². The van der Waals surface area contributed by atoms with Crippen molar-refractivity contribution in [3.05, 3.63) is 23.5 Å². The van der Waals surface area contributed by atoms with Gasteiger partial charge in [0.2, 0.25) is 5.91 Å². The fourth-order valence-corrected chi connectivity index (χ4v) is 3.87. The second kappa shape index (κ2) is 6.77. The Morgan fingerprint density at radius 3 is 2.52 bits per heavy atom. The number of likely N-dealkylation sites (tertiary alicyclic amines) is 1. The lowest BCUT2D eigenvalue weighted by molar-refractivity contribution is -0.141. The minimum absolute atomic E-state index is 0.0889. The van der Waals surface area contributed by atoms with Gasteiger partial charge in [-0.2, -0.15) is 18.3 Å². The summed E-state index contributed by atoms with van der Waals surface area (Å²) >= 11 is 0. The zero-order chi connectivity index (χ0) is 20.0. The highest BCUT2D eigenvalue weighted by atomic mass is 32.2. The number of nitrogens with zero attached hydrogens (tertiary/aromatic N) is 4. The summed E-state index contributed by atoms with van der Waals surface area (Å²) in [6.07, 6.45) is -2.39. The van der Waals surface area contributed by atoms with Crippen LogP contribution in [-0.2, 0) is 27.2 Å². The van der Waals surface area contributed by atoms with Crippen molar-refractivity contribution in [1.29, 1.82) is 0 Å². The molecule has 1 amide bonds. The van der Waals surface area contributed by atoms with Crippen LogP contribution in [0.4, 0.5) is 13.2 Å². The molecule has 1 saturated heterocycles. The molecule has 0 aliphatic carbocycles. The lowest BCUT2D eigenvalue weighted by Gasteiger charge is -2.27. The highest BCUT2D eigenvalue weighted by Crippen LogP contribution is 2.33. The van der Waals surface area contributed by atoms with Gasteiger partial charge in [-0.1, -0.05) is 6.92 Å². The Balaban J connectivity index is 2.14. The Morgan fingerprint density at radius 2 is 2.00 bits per heavy atom. The molecule has 0 N–H and O–H groups in total. The molecule has 1 atom stereocenters. The number of imidazole rings is 1. The van der Waals surface area contributed by atoms with Crippen LogP contribution in [0.2, 0.25) is 0 Å². The third-order valence-corrected chi connectivity index (χ3v) is 5.62. The Labute approximate surface area is 154 Å².